The summed E-state index contributed by atoms with van der Waals surface area (Å²) in [5.74, 6) is 0. The zero-order chi connectivity index (χ0) is 10.4. The Morgan fingerprint density at radius 1 is 1.57 bits per heavy atom. The van der Waals surface area contributed by atoms with E-state index >= 15 is 0 Å². The summed E-state index contributed by atoms with van der Waals surface area (Å²) in [7, 11) is 1.64. The molecule has 1 rings (SSSR count). The Morgan fingerprint density at radius 3 is 2.93 bits per heavy atom. The quantitative estimate of drug-likeness (QED) is 0.610. The Bertz CT molecular complexity index is 274. The Balaban J connectivity index is 2.76. The van der Waals surface area contributed by atoms with Crippen LogP contribution in [0.3, 0.4) is 0 Å². The van der Waals surface area contributed by atoms with Gasteiger partial charge in [0.05, 0.1) is 31.1 Å². The second kappa shape index (κ2) is 5.69. The van der Waals surface area contributed by atoms with Gasteiger partial charge in [0.15, 0.2) is 0 Å². The molecule has 1 aromatic rings. The van der Waals surface area contributed by atoms with E-state index in [4.69, 9.17) is 15.6 Å². The predicted molar refractivity (Wildman–Crippen MR) is 50.6 cm³/mol. The molecule has 0 atom stereocenters. The zero-order valence-electron chi connectivity index (χ0n) is 8.31. The van der Waals surface area contributed by atoms with E-state index in [0.29, 0.717) is 19.7 Å². The largest absolute Gasteiger partial charge is 0.394 e. The van der Waals surface area contributed by atoms with Crippen molar-refractivity contribution in [2.45, 2.75) is 19.5 Å². The first kappa shape index (κ1) is 11.1. The molecule has 3 N–H and O–H groups in total. The summed E-state index contributed by atoms with van der Waals surface area (Å²) in [6.45, 7) is 1.47. The van der Waals surface area contributed by atoms with Gasteiger partial charge in [-0.2, -0.15) is 0 Å². The van der Waals surface area contributed by atoms with Crippen molar-refractivity contribution in [1.82, 2.24) is 15.0 Å². The van der Waals surface area contributed by atoms with Crippen molar-refractivity contribution in [2.24, 2.45) is 5.73 Å². The van der Waals surface area contributed by atoms with Gasteiger partial charge in [-0.25, -0.2) is 4.68 Å². The molecular formula is C8H16N4O2. The molecule has 1 heterocycles. The van der Waals surface area contributed by atoms with E-state index in [2.05, 4.69) is 10.3 Å². The van der Waals surface area contributed by atoms with Crippen LogP contribution in [0.15, 0.2) is 0 Å². The van der Waals surface area contributed by atoms with Gasteiger partial charge >= 0.3 is 0 Å². The van der Waals surface area contributed by atoms with Crippen LogP contribution in [-0.4, -0.2) is 40.4 Å². The van der Waals surface area contributed by atoms with Crippen LogP contribution in [0.4, 0.5) is 0 Å². The van der Waals surface area contributed by atoms with Gasteiger partial charge in [0.2, 0.25) is 0 Å². The monoisotopic (exact) mass is 200 g/mol. The maximum atomic E-state index is 8.80. The number of nitrogens with two attached hydrogens (primary N) is 1. The summed E-state index contributed by atoms with van der Waals surface area (Å²) >= 11 is 0. The molecule has 0 bridgehead atoms. The molecule has 80 valence electrons. The molecule has 0 aliphatic rings. The van der Waals surface area contributed by atoms with Crippen molar-refractivity contribution in [1.29, 1.82) is 0 Å². The Hall–Kier alpha value is -0.980. The second-order valence-electron chi connectivity index (χ2n) is 2.88. The lowest BCUT2D eigenvalue weighted by molar-refractivity contribution is 0.198. The summed E-state index contributed by atoms with van der Waals surface area (Å²) < 4.78 is 6.64. The summed E-state index contributed by atoms with van der Waals surface area (Å²) in [5, 5.41) is 16.6. The van der Waals surface area contributed by atoms with E-state index < -0.39 is 0 Å². The highest BCUT2D eigenvalue weighted by molar-refractivity contribution is 5.10. The van der Waals surface area contributed by atoms with E-state index in [9.17, 15) is 0 Å². The van der Waals surface area contributed by atoms with Crippen LogP contribution in [0.2, 0.25) is 0 Å². The molecule has 0 amide bonds. The molecule has 0 unspecified atom stereocenters. The van der Waals surface area contributed by atoms with Gasteiger partial charge in [-0.3, -0.25) is 0 Å². The van der Waals surface area contributed by atoms with Crippen molar-refractivity contribution in [3.05, 3.63) is 11.4 Å². The molecule has 0 aliphatic carbocycles. The van der Waals surface area contributed by atoms with Gasteiger partial charge in [-0.05, 0) is 0 Å². The number of ether oxygens (including phenoxy) is 1. The van der Waals surface area contributed by atoms with E-state index in [0.717, 1.165) is 17.8 Å². The summed E-state index contributed by atoms with van der Waals surface area (Å²) in [6.07, 6.45) is 0.718. The minimum absolute atomic E-state index is 0.0490. The fourth-order valence-corrected chi connectivity index (χ4v) is 1.27. The summed E-state index contributed by atoms with van der Waals surface area (Å²) in [5.41, 5.74) is 7.23. The molecule has 6 nitrogen and oxygen atoms in total. The van der Waals surface area contributed by atoms with Crippen molar-refractivity contribution < 1.29 is 9.84 Å². The lowest BCUT2D eigenvalue weighted by atomic mass is 10.2. The topological polar surface area (TPSA) is 86.2 Å². The third kappa shape index (κ3) is 2.50. The van der Waals surface area contributed by atoms with Crippen molar-refractivity contribution in [3.8, 4) is 0 Å². The molecule has 0 saturated heterocycles. The van der Waals surface area contributed by atoms with Crippen LogP contribution in [0.1, 0.15) is 11.4 Å². The van der Waals surface area contributed by atoms with Gasteiger partial charge in [-0.15, -0.1) is 5.10 Å². The maximum absolute atomic E-state index is 8.80. The minimum Gasteiger partial charge on any atom is -0.394 e. The highest BCUT2D eigenvalue weighted by Gasteiger charge is 2.10. The molecule has 0 fully saturated rings. The number of hydrogen-bond acceptors (Lipinski definition) is 5. The van der Waals surface area contributed by atoms with E-state index in [-0.39, 0.29) is 6.61 Å². The van der Waals surface area contributed by atoms with Gasteiger partial charge in [0, 0.05) is 20.1 Å². The average Bonchev–Trinajstić information content (AvgIpc) is 2.58. The van der Waals surface area contributed by atoms with Crippen molar-refractivity contribution >= 4 is 0 Å². The van der Waals surface area contributed by atoms with E-state index in [1.54, 1.807) is 11.8 Å². The molecular weight excluding hydrogens is 184 g/mol. The van der Waals surface area contributed by atoms with Gasteiger partial charge < -0.3 is 15.6 Å². The standard InChI is InChI=1S/C8H16N4O2/c1-14-5-2-8-7(6-9)10-11-12(8)3-4-13/h13H,2-6,9H2,1H3. The molecule has 0 aromatic carbocycles. The molecule has 1 aromatic heterocycles. The molecule has 6 heteroatoms. The van der Waals surface area contributed by atoms with Crippen LogP contribution >= 0.6 is 0 Å². The first-order valence-corrected chi connectivity index (χ1v) is 4.54. The van der Waals surface area contributed by atoms with Crippen LogP contribution in [0.25, 0.3) is 0 Å². The van der Waals surface area contributed by atoms with Crippen LogP contribution < -0.4 is 5.73 Å². The smallest absolute Gasteiger partial charge is 0.0995 e. The number of aliphatic hydroxyl groups is 1. The highest BCUT2D eigenvalue weighted by Crippen LogP contribution is 2.05. The van der Waals surface area contributed by atoms with E-state index in [1.165, 1.54) is 0 Å². The number of aliphatic hydroxyl groups excluding tert-OH is 1. The fraction of sp³-hybridized carbons (Fsp3) is 0.750. The number of methoxy groups -OCH3 is 1. The second-order valence-corrected chi connectivity index (χ2v) is 2.88. The number of nitrogens with zero attached hydrogens (tertiary/aromatic N) is 3. The minimum atomic E-state index is 0.0490. The van der Waals surface area contributed by atoms with Gasteiger partial charge in [0.1, 0.15) is 0 Å². The average molecular weight is 200 g/mol. The maximum Gasteiger partial charge on any atom is 0.0995 e. The zero-order valence-corrected chi connectivity index (χ0v) is 8.31. The number of hydrogen-bond donors (Lipinski definition) is 2. The number of rotatable bonds is 6. The third-order valence-electron chi connectivity index (χ3n) is 1.97. The summed E-state index contributed by atoms with van der Waals surface area (Å²) in [6, 6.07) is 0. The molecule has 0 spiro atoms. The third-order valence-corrected chi connectivity index (χ3v) is 1.97. The molecule has 0 saturated carbocycles. The lowest BCUT2D eigenvalue weighted by Crippen LogP contribution is -2.12. The normalized spacial score (nSPS) is 10.8. The summed E-state index contributed by atoms with van der Waals surface area (Å²) in [4.78, 5) is 0. The predicted octanol–water partition coefficient (Wildman–Crippen LogP) is -1.08. The van der Waals surface area contributed by atoms with Crippen LogP contribution in [0, 0.1) is 0 Å². The first-order valence-electron chi connectivity index (χ1n) is 4.54. The Kier molecular flexibility index (Phi) is 4.51. The van der Waals surface area contributed by atoms with Gasteiger partial charge in [-0.1, -0.05) is 5.21 Å². The highest BCUT2D eigenvalue weighted by atomic mass is 16.5. The van der Waals surface area contributed by atoms with Crippen molar-refractivity contribution in [3.63, 3.8) is 0 Å². The van der Waals surface area contributed by atoms with Gasteiger partial charge in [0.25, 0.3) is 0 Å². The number of aromatic nitrogens is 3. The van der Waals surface area contributed by atoms with Crippen LogP contribution in [0.5, 0.6) is 0 Å². The lowest BCUT2D eigenvalue weighted by Gasteiger charge is -2.05. The molecule has 0 aliphatic heterocycles. The van der Waals surface area contributed by atoms with E-state index in [1.807, 2.05) is 0 Å². The molecule has 0 radical (unpaired) electrons. The Labute approximate surface area is 82.7 Å². The van der Waals surface area contributed by atoms with Crippen LogP contribution in [-0.2, 0) is 24.2 Å². The van der Waals surface area contributed by atoms with Crippen molar-refractivity contribution in [2.75, 3.05) is 20.3 Å². The first-order chi connectivity index (χ1) is 6.83. The molecule has 14 heavy (non-hydrogen) atoms. The SMILES string of the molecule is COCCc1c(CN)nnn1CCO. The fourth-order valence-electron chi connectivity index (χ4n) is 1.27. The Morgan fingerprint density at radius 2 is 2.36 bits per heavy atom.